The molecule has 1 saturated heterocycles. The van der Waals surface area contributed by atoms with E-state index >= 15 is 0 Å². The topological polar surface area (TPSA) is 46.5 Å². The van der Waals surface area contributed by atoms with Crippen LogP contribution in [0.15, 0.2) is 0 Å². The van der Waals surface area contributed by atoms with Gasteiger partial charge in [0.25, 0.3) is 0 Å². The molecule has 0 bridgehead atoms. The van der Waals surface area contributed by atoms with E-state index in [1.165, 1.54) is 0 Å². The Kier molecular flexibility index (Phi) is 3.09. The van der Waals surface area contributed by atoms with Crippen molar-refractivity contribution in [1.82, 2.24) is 0 Å². The lowest BCUT2D eigenvalue weighted by molar-refractivity contribution is -0.154. The van der Waals surface area contributed by atoms with Crippen LogP contribution in [0.4, 0.5) is 0 Å². The number of carboxylic acids is 1. The van der Waals surface area contributed by atoms with Gasteiger partial charge in [-0.05, 0) is 18.8 Å². The molecule has 0 aliphatic carbocycles. The fraction of sp³-hybridized carbons (Fsp3) is 0.889. The molecule has 0 spiro atoms. The van der Waals surface area contributed by atoms with Gasteiger partial charge in [-0.25, -0.2) is 0 Å². The molecule has 1 aliphatic rings. The van der Waals surface area contributed by atoms with Gasteiger partial charge in [-0.2, -0.15) is 0 Å². The lowest BCUT2D eigenvalue weighted by atomic mass is 9.88. The average molecular weight is 172 g/mol. The van der Waals surface area contributed by atoms with E-state index in [0.29, 0.717) is 12.5 Å². The first-order valence-electron chi connectivity index (χ1n) is 4.47. The second-order valence-corrected chi connectivity index (χ2v) is 3.67. The third-order valence-corrected chi connectivity index (χ3v) is 2.34. The van der Waals surface area contributed by atoms with Crippen LogP contribution < -0.4 is 0 Å². The molecule has 1 aliphatic heterocycles. The van der Waals surface area contributed by atoms with Crippen LogP contribution >= 0.6 is 0 Å². The number of carbonyl (C=O) groups is 1. The van der Waals surface area contributed by atoms with Gasteiger partial charge in [0.1, 0.15) is 0 Å². The standard InChI is InChI=1S/C9H16O3/c1-6(2)8-7(9(10)11)4-3-5-12-8/h6-8H,3-5H2,1-2H3,(H,10,11). The summed E-state index contributed by atoms with van der Waals surface area (Å²) in [4.78, 5) is 10.8. The summed E-state index contributed by atoms with van der Waals surface area (Å²) >= 11 is 0. The van der Waals surface area contributed by atoms with E-state index in [1.54, 1.807) is 0 Å². The van der Waals surface area contributed by atoms with Gasteiger partial charge >= 0.3 is 5.97 Å². The largest absolute Gasteiger partial charge is 0.481 e. The highest BCUT2D eigenvalue weighted by Gasteiger charge is 2.33. The second-order valence-electron chi connectivity index (χ2n) is 3.67. The first-order valence-corrected chi connectivity index (χ1v) is 4.47. The molecular formula is C9H16O3. The number of carboxylic acid groups (broad SMARTS) is 1. The zero-order valence-electron chi connectivity index (χ0n) is 7.62. The minimum Gasteiger partial charge on any atom is -0.481 e. The molecule has 12 heavy (non-hydrogen) atoms. The summed E-state index contributed by atoms with van der Waals surface area (Å²) in [5.41, 5.74) is 0. The Morgan fingerprint density at radius 3 is 2.67 bits per heavy atom. The van der Waals surface area contributed by atoms with Crippen LogP contribution in [-0.4, -0.2) is 23.8 Å². The molecule has 2 unspecified atom stereocenters. The normalized spacial score (nSPS) is 30.6. The minimum atomic E-state index is -0.714. The van der Waals surface area contributed by atoms with Crippen molar-refractivity contribution in [2.24, 2.45) is 11.8 Å². The number of hydrogen-bond donors (Lipinski definition) is 1. The van der Waals surface area contributed by atoms with E-state index in [4.69, 9.17) is 9.84 Å². The van der Waals surface area contributed by atoms with E-state index in [-0.39, 0.29) is 12.0 Å². The van der Waals surface area contributed by atoms with Crippen LogP contribution in [0.5, 0.6) is 0 Å². The maximum atomic E-state index is 10.8. The van der Waals surface area contributed by atoms with E-state index in [9.17, 15) is 4.79 Å². The van der Waals surface area contributed by atoms with E-state index in [0.717, 1.165) is 12.8 Å². The Labute approximate surface area is 72.7 Å². The fourth-order valence-corrected chi connectivity index (χ4v) is 1.72. The van der Waals surface area contributed by atoms with Crippen molar-refractivity contribution in [1.29, 1.82) is 0 Å². The van der Waals surface area contributed by atoms with Crippen molar-refractivity contribution in [2.45, 2.75) is 32.8 Å². The van der Waals surface area contributed by atoms with Crippen LogP contribution in [0, 0.1) is 11.8 Å². The van der Waals surface area contributed by atoms with E-state index < -0.39 is 5.97 Å². The lowest BCUT2D eigenvalue weighted by Gasteiger charge is -2.31. The number of aliphatic carboxylic acids is 1. The summed E-state index contributed by atoms with van der Waals surface area (Å²) in [5, 5.41) is 8.88. The molecule has 0 aromatic carbocycles. The third-order valence-electron chi connectivity index (χ3n) is 2.34. The maximum Gasteiger partial charge on any atom is 0.309 e. The van der Waals surface area contributed by atoms with Crippen LogP contribution in [0.25, 0.3) is 0 Å². The molecule has 3 heteroatoms. The van der Waals surface area contributed by atoms with Gasteiger partial charge < -0.3 is 9.84 Å². The SMILES string of the molecule is CC(C)C1OCCCC1C(=O)O. The van der Waals surface area contributed by atoms with Crippen molar-refractivity contribution in [2.75, 3.05) is 6.61 Å². The maximum absolute atomic E-state index is 10.8. The minimum absolute atomic E-state index is 0.0868. The summed E-state index contributed by atoms with van der Waals surface area (Å²) in [5.74, 6) is -0.710. The summed E-state index contributed by atoms with van der Waals surface area (Å²) in [6.07, 6.45) is 1.55. The Morgan fingerprint density at radius 2 is 2.25 bits per heavy atom. The highest BCUT2D eigenvalue weighted by Crippen LogP contribution is 2.26. The van der Waals surface area contributed by atoms with Crippen molar-refractivity contribution < 1.29 is 14.6 Å². The van der Waals surface area contributed by atoms with Gasteiger partial charge in [0.2, 0.25) is 0 Å². The summed E-state index contributed by atoms with van der Waals surface area (Å²) < 4.78 is 5.43. The molecule has 1 heterocycles. The van der Waals surface area contributed by atoms with Crippen molar-refractivity contribution >= 4 is 5.97 Å². The molecule has 0 amide bonds. The van der Waals surface area contributed by atoms with Crippen molar-refractivity contribution in [3.8, 4) is 0 Å². The van der Waals surface area contributed by atoms with Crippen molar-refractivity contribution in [3.63, 3.8) is 0 Å². The number of ether oxygens (including phenoxy) is 1. The van der Waals surface area contributed by atoms with Crippen LogP contribution in [0.2, 0.25) is 0 Å². The van der Waals surface area contributed by atoms with Crippen molar-refractivity contribution in [3.05, 3.63) is 0 Å². The molecule has 2 atom stereocenters. The number of rotatable bonds is 2. The Balaban J connectivity index is 2.60. The molecule has 0 radical (unpaired) electrons. The van der Waals surface area contributed by atoms with Gasteiger partial charge in [0, 0.05) is 6.61 Å². The monoisotopic (exact) mass is 172 g/mol. The smallest absolute Gasteiger partial charge is 0.309 e. The Morgan fingerprint density at radius 1 is 1.58 bits per heavy atom. The molecule has 1 fully saturated rings. The molecule has 0 saturated carbocycles. The van der Waals surface area contributed by atoms with Gasteiger partial charge in [-0.1, -0.05) is 13.8 Å². The predicted octanol–water partition coefficient (Wildman–Crippen LogP) is 1.52. The van der Waals surface area contributed by atoms with E-state index in [1.807, 2.05) is 13.8 Å². The second kappa shape index (κ2) is 3.90. The first-order chi connectivity index (χ1) is 5.63. The molecule has 0 aromatic heterocycles. The molecule has 3 nitrogen and oxygen atoms in total. The number of hydrogen-bond acceptors (Lipinski definition) is 2. The molecule has 70 valence electrons. The molecule has 1 rings (SSSR count). The third kappa shape index (κ3) is 1.97. The summed E-state index contributed by atoms with van der Waals surface area (Å²) in [6, 6.07) is 0. The van der Waals surface area contributed by atoms with Crippen LogP contribution in [0.1, 0.15) is 26.7 Å². The summed E-state index contributed by atoms with van der Waals surface area (Å²) in [6.45, 7) is 4.73. The van der Waals surface area contributed by atoms with Gasteiger partial charge in [0.05, 0.1) is 12.0 Å². The summed E-state index contributed by atoms with van der Waals surface area (Å²) in [7, 11) is 0. The quantitative estimate of drug-likeness (QED) is 0.687. The lowest BCUT2D eigenvalue weighted by Crippen LogP contribution is -2.38. The fourth-order valence-electron chi connectivity index (χ4n) is 1.72. The van der Waals surface area contributed by atoms with Crippen LogP contribution in [0.3, 0.4) is 0 Å². The van der Waals surface area contributed by atoms with E-state index in [2.05, 4.69) is 0 Å². The van der Waals surface area contributed by atoms with Gasteiger partial charge in [-0.15, -0.1) is 0 Å². The highest BCUT2D eigenvalue weighted by atomic mass is 16.5. The van der Waals surface area contributed by atoms with Gasteiger partial charge in [0.15, 0.2) is 0 Å². The average Bonchev–Trinajstić information content (AvgIpc) is 2.04. The Hall–Kier alpha value is -0.570. The van der Waals surface area contributed by atoms with Gasteiger partial charge in [-0.3, -0.25) is 4.79 Å². The molecule has 1 N–H and O–H groups in total. The zero-order chi connectivity index (χ0) is 9.14. The zero-order valence-corrected chi connectivity index (χ0v) is 7.62. The predicted molar refractivity (Wildman–Crippen MR) is 44.9 cm³/mol. The first kappa shape index (κ1) is 9.52. The molecule has 0 aromatic rings. The Bertz CT molecular complexity index is 165. The highest BCUT2D eigenvalue weighted by molar-refractivity contribution is 5.70. The molecular weight excluding hydrogens is 156 g/mol. The van der Waals surface area contributed by atoms with Crippen LogP contribution in [-0.2, 0) is 9.53 Å².